The lowest BCUT2D eigenvalue weighted by Crippen LogP contribution is -2.42. The number of aromatic nitrogens is 2. The highest BCUT2D eigenvalue weighted by atomic mass is 16.3. The number of rotatable bonds is 3. The van der Waals surface area contributed by atoms with Gasteiger partial charge in [-0.3, -0.25) is 4.79 Å². The maximum absolute atomic E-state index is 12.1. The Morgan fingerprint density at radius 3 is 3.12 bits per heavy atom. The molecular formula is C12H19N3O2. The molecule has 1 aliphatic rings. The molecule has 5 nitrogen and oxygen atoms in total. The monoisotopic (exact) mass is 237 g/mol. The minimum Gasteiger partial charge on any atom is -0.391 e. The van der Waals surface area contributed by atoms with Gasteiger partial charge in [-0.25, -0.2) is 4.98 Å². The van der Waals surface area contributed by atoms with Crippen molar-refractivity contribution in [3.8, 4) is 0 Å². The van der Waals surface area contributed by atoms with Crippen molar-refractivity contribution in [1.82, 2.24) is 9.55 Å². The van der Waals surface area contributed by atoms with Crippen molar-refractivity contribution < 1.29 is 5.11 Å². The molecule has 0 spiro atoms. The van der Waals surface area contributed by atoms with Crippen LogP contribution in [0.1, 0.15) is 26.2 Å². The molecule has 0 saturated carbocycles. The van der Waals surface area contributed by atoms with Crippen LogP contribution in [0, 0.1) is 0 Å². The average Bonchev–Trinajstić information content (AvgIpc) is 2.32. The zero-order valence-electron chi connectivity index (χ0n) is 10.2. The second-order valence-corrected chi connectivity index (χ2v) is 4.49. The summed E-state index contributed by atoms with van der Waals surface area (Å²) in [7, 11) is 0. The van der Waals surface area contributed by atoms with Crippen molar-refractivity contribution in [2.24, 2.45) is 0 Å². The van der Waals surface area contributed by atoms with E-state index in [4.69, 9.17) is 0 Å². The number of aryl methyl sites for hydroxylation is 1. The number of aliphatic hydroxyl groups excluding tert-OH is 1. The van der Waals surface area contributed by atoms with Crippen LogP contribution < -0.4 is 10.5 Å². The van der Waals surface area contributed by atoms with Crippen LogP contribution in [0.15, 0.2) is 17.2 Å². The van der Waals surface area contributed by atoms with Crippen LogP contribution in [-0.2, 0) is 6.54 Å². The number of anilines is 1. The molecule has 1 atom stereocenters. The van der Waals surface area contributed by atoms with Crippen LogP contribution in [0.25, 0.3) is 0 Å². The van der Waals surface area contributed by atoms with Crippen molar-refractivity contribution in [2.45, 2.75) is 38.8 Å². The Morgan fingerprint density at radius 2 is 2.41 bits per heavy atom. The van der Waals surface area contributed by atoms with Gasteiger partial charge in [0.1, 0.15) is 0 Å². The van der Waals surface area contributed by atoms with E-state index in [1.54, 1.807) is 17.0 Å². The van der Waals surface area contributed by atoms with Gasteiger partial charge < -0.3 is 14.6 Å². The lowest BCUT2D eigenvalue weighted by Gasteiger charge is -2.30. The Balaban J connectivity index is 2.25. The minimum atomic E-state index is -0.343. The van der Waals surface area contributed by atoms with E-state index in [1.165, 1.54) is 0 Å². The van der Waals surface area contributed by atoms with Crippen LogP contribution in [0.2, 0.25) is 0 Å². The topological polar surface area (TPSA) is 58.4 Å². The second-order valence-electron chi connectivity index (χ2n) is 4.49. The van der Waals surface area contributed by atoms with E-state index in [0.717, 1.165) is 25.8 Å². The minimum absolute atomic E-state index is 0.0524. The van der Waals surface area contributed by atoms with E-state index in [-0.39, 0.29) is 11.7 Å². The maximum atomic E-state index is 12.1. The van der Waals surface area contributed by atoms with Gasteiger partial charge in [-0.1, -0.05) is 6.92 Å². The highest BCUT2D eigenvalue weighted by molar-refractivity contribution is 5.36. The quantitative estimate of drug-likeness (QED) is 0.837. The van der Waals surface area contributed by atoms with Crippen LogP contribution in [0.4, 0.5) is 5.82 Å². The molecular weight excluding hydrogens is 218 g/mol. The molecule has 1 aromatic rings. The normalized spacial score (nSPS) is 20.6. The Hall–Kier alpha value is -1.36. The standard InChI is InChI=1S/C12H19N3O2/c1-2-6-14-8-5-13-11(12(14)17)15-7-3-4-10(16)9-15/h5,8,10,16H,2-4,6-7,9H2,1H3/t10-/m0/s1. The summed E-state index contributed by atoms with van der Waals surface area (Å²) >= 11 is 0. The zero-order chi connectivity index (χ0) is 12.3. The van der Waals surface area contributed by atoms with Crippen molar-refractivity contribution in [1.29, 1.82) is 0 Å². The molecule has 5 heteroatoms. The molecule has 0 aliphatic carbocycles. The molecule has 1 aromatic heterocycles. The molecule has 0 aromatic carbocycles. The van der Waals surface area contributed by atoms with E-state index < -0.39 is 0 Å². The van der Waals surface area contributed by atoms with Crippen molar-refractivity contribution in [3.63, 3.8) is 0 Å². The third-order valence-corrected chi connectivity index (χ3v) is 3.06. The number of nitrogens with zero attached hydrogens (tertiary/aromatic N) is 3. The third-order valence-electron chi connectivity index (χ3n) is 3.06. The predicted molar refractivity (Wildman–Crippen MR) is 66.2 cm³/mol. The first-order chi connectivity index (χ1) is 8.22. The first-order valence-electron chi connectivity index (χ1n) is 6.21. The van der Waals surface area contributed by atoms with Gasteiger partial charge in [-0.15, -0.1) is 0 Å². The summed E-state index contributed by atoms with van der Waals surface area (Å²) in [6.45, 7) is 4.07. The number of hydrogen-bond acceptors (Lipinski definition) is 4. The van der Waals surface area contributed by atoms with E-state index in [1.807, 2.05) is 11.8 Å². The molecule has 0 bridgehead atoms. The molecule has 2 heterocycles. The highest BCUT2D eigenvalue weighted by Crippen LogP contribution is 2.14. The predicted octanol–water partition coefficient (Wildman–Crippen LogP) is 0.614. The molecule has 1 N–H and O–H groups in total. The van der Waals surface area contributed by atoms with Gasteiger partial charge in [0.25, 0.3) is 5.56 Å². The Kier molecular flexibility index (Phi) is 3.78. The van der Waals surface area contributed by atoms with E-state index in [2.05, 4.69) is 4.98 Å². The van der Waals surface area contributed by atoms with Crippen molar-refractivity contribution in [3.05, 3.63) is 22.7 Å². The van der Waals surface area contributed by atoms with E-state index in [9.17, 15) is 9.90 Å². The summed E-state index contributed by atoms with van der Waals surface area (Å²) in [6.07, 6.45) is 5.68. The molecule has 0 amide bonds. The first kappa shape index (κ1) is 12.1. The second kappa shape index (κ2) is 5.31. The van der Waals surface area contributed by atoms with Crippen molar-refractivity contribution >= 4 is 5.82 Å². The number of hydrogen-bond donors (Lipinski definition) is 1. The van der Waals surface area contributed by atoms with E-state index in [0.29, 0.717) is 18.9 Å². The summed E-state index contributed by atoms with van der Waals surface area (Å²) in [6, 6.07) is 0. The fourth-order valence-electron chi connectivity index (χ4n) is 2.22. The van der Waals surface area contributed by atoms with Crippen molar-refractivity contribution in [2.75, 3.05) is 18.0 Å². The molecule has 1 saturated heterocycles. The Bertz CT molecular complexity index is 430. The fourth-order valence-corrected chi connectivity index (χ4v) is 2.22. The van der Waals surface area contributed by atoms with Crippen LogP contribution in [-0.4, -0.2) is 33.9 Å². The lowest BCUT2D eigenvalue weighted by molar-refractivity contribution is 0.153. The van der Waals surface area contributed by atoms with Gasteiger partial charge in [0.2, 0.25) is 0 Å². The summed E-state index contributed by atoms with van der Waals surface area (Å²) in [5.41, 5.74) is -0.0524. The van der Waals surface area contributed by atoms with Crippen LogP contribution >= 0.6 is 0 Å². The van der Waals surface area contributed by atoms with Gasteiger partial charge in [0.15, 0.2) is 5.82 Å². The molecule has 1 fully saturated rings. The van der Waals surface area contributed by atoms with Gasteiger partial charge in [0, 0.05) is 32.0 Å². The third kappa shape index (κ3) is 2.66. The average molecular weight is 237 g/mol. The first-order valence-corrected chi connectivity index (χ1v) is 6.21. The van der Waals surface area contributed by atoms with Gasteiger partial charge in [0.05, 0.1) is 6.10 Å². The fraction of sp³-hybridized carbons (Fsp3) is 0.667. The van der Waals surface area contributed by atoms with Crippen LogP contribution in [0.3, 0.4) is 0 Å². The summed E-state index contributed by atoms with van der Waals surface area (Å²) < 4.78 is 1.68. The summed E-state index contributed by atoms with van der Waals surface area (Å²) in [5.74, 6) is 0.472. The van der Waals surface area contributed by atoms with Gasteiger partial charge >= 0.3 is 0 Å². The zero-order valence-corrected chi connectivity index (χ0v) is 10.2. The maximum Gasteiger partial charge on any atom is 0.293 e. The largest absolute Gasteiger partial charge is 0.391 e. The molecule has 0 radical (unpaired) electrons. The van der Waals surface area contributed by atoms with Crippen LogP contribution in [0.5, 0.6) is 0 Å². The Labute approximate surface area is 101 Å². The SMILES string of the molecule is CCCn1ccnc(N2CCC[C@H](O)C2)c1=O. The molecule has 94 valence electrons. The van der Waals surface area contributed by atoms with E-state index >= 15 is 0 Å². The smallest absolute Gasteiger partial charge is 0.293 e. The van der Waals surface area contributed by atoms with Gasteiger partial charge in [-0.2, -0.15) is 0 Å². The summed E-state index contributed by atoms with van der Waals surface area (Å²) in [4.78, 5) is 18.2. The molecule has 17 heavy (non-hydrogen) atoms. The highest BCUT2D eigenvalue weighted by Gasteiger charge is 2.21. The molecule has 2 rings (SSSR count). The lowest BCUT2D eigenvalue weighted by atomic mass is 10.1. The number of β-amino-alcohol motifs (C(OH)–C–C–N with tert-alkyl or cyclic N) is 1. The summed E-state index contributed by atoms with van der Waals surface area (Å²) in [5, 5.41) is 9.63. The molecule has 0 unspecified atom stereocenters. The number of aliphatic hydroxyl groups is 1. The Morgan fingerprint density at radius 1 is 1.59 bits per heavy atom. The molecule has 1 aliphatic heterocycles. The van der Waals surface area contributed by atoms with Gasteiger partial charge in [-0.05, 0) is 19.3 Å². The number of piperidine rings is 1.